The first-order valence-electron chi connectivity index (χ1n) is 9.69. The molecule has 1 aliphatic heterocycles. The van der Waals surface area contributed by atoms with Crippen LogP contribution in [0.1, 0.15) is 54.0 Å². The van der Waals surface area contributed by atoms with Gasteiger partial charge in [-0.2, -0.15) is 13.2 Å². The first-order valence-corrected chi connectivity index (χ1v) is 9.69. The Balaban J connectivity index is 1.69. The summed E-state index contributed by atoms with van der Waals surface area (Å²) in [5, 5.41) is 2.86. The first kappa shape index (κ1) is 19.5. The average Bonchev–Trinajstić information content (AvgIpc) is 3.41. The van der Waals surface area contributed by atoms with Crippen molar-refractivity contribution in [2.45, 2.75) is 50.2 Å². The smallest absolute Gasteiger partial charge is 0.350 e. The molecule has 0 bridgehead atoms. The Bertz CT molecular complexity index is 1000. The topological polar surface area (TPSA) is 62.0 Å². The fourth-order valence-electron chi connectivity index (χ4n) is 3.70. The molecule has 2 aliphatic rings. The maximum absolute atomic E-state index is 12.6. The number of nitrogens with one attached hydrogen (secondary N) is 2. The van der Waals surface area contributed by atoms with Crippen molar-refractivity contribution in [2.24, 2.45) is 0 Å². The molecule has 7 heteroatoms. The fourth-order valence-corrected chi connectivity index (χ4v) is 3.70. The van der Waals surface area contributed by atoms with Crippen LogP contribution in [0.3, 0.4) is 0 Å². The summed E-state index contributed by atoms with van der Waals surface area (Å²) in [5.74, 6) is 0.278. The molecule has 1 saturated heterocycles. The highest BCUT2D eigenvalue weighted by Crippen LogP contribution is 2.38. The standard InChI is InChI=1S/C22H21F3N2O2/c23-22(24,25)12-13-1-3-15(4-2-13)18(11-16-7-10-20(28)26-16)19-9-8-17(14-5-6-14)21(29)27-19/h1-4,8-9,11,14,16H,5-7,10,12H2,(H,26,28)(H,27,29)/b18-11-/t16-/m1/s1. The van der Waals surface area contributed by atoms with Gasteiger partial charge in [-0.25, -0.2) is 0 Å². The average molecular weight is 402 g/mol. The van der Waals surface area contributed by atoms with Gasteiger partial charge in [-0.1, -0.05) is 36.4 Å². The van der Waals surface area contributed by atoms with Gasteiger partial charge in [0.15, 0.2) is 0 Å². The number of aromatic amines is 1. The predicted molar refractivity (Wildman–Crippen MR) is 103 cm³/mol. The molecule has 0 radical (unpaired) electrons. The lowest BCUT2D eigenvalue weighted by Crippen LogP contribution is -2.23. The second kappa shape index (κ2) is 7.54. The number of halogens is 3. The fraction of sp³-hybridized carbons (Fsp3) is 0.364. The number of rotatable bonds is 5. The molecular formula is C22H21F3N2O2. The third kappa shape index (κ3) is 4.78. The summed E-state index contributed by atoms with van der Waals surface area (Å²) in [6, 6.07) is 9.61. The third-order valence-electron chi connectivity index (χ3n) is 5.31. The Morgan fingerprint density at radius 3 is 2.31 bits per heavy atom. The molecule has 1 amide bonds. The highest BCUT2D eigenvalue weighted by atomic mass is 19.4. The lowest BCUT2D eigenvalue weighted by Gasteiger charge is -2.14. The van der Waals surface area contributed by atoms with Crippen molar-refractivity contribution in [3.8, 4) is 0 Å². The van der Waals surface area contributed by atoms with Crippen molar-refractivity contribution in [1.29, 1.82) is 0 Å². The second-order valence-corrected chi connectivity index (χ2v) is 7.71. The van der Waals surface area contributed by atoms with Crippen LogP contribution in [-0.4, -0.2) is 23.1 Å². The second-order valence-electron chi connectivity index (χ2n) is 7.71. The van der Waals surface area contributed by atoms with Crippen LogP contribution in [-0.2, 0) is 11.2 Å². The van der Waals surface area contributed by atoms with Gasteiger partial charge in [0.1, 0.15) is 0 Å². The summed E-state index contributed by atoms with van der Waals surface area (Å²) in [5.41, 5.74) is 2.77. The quantitative estimate of drug-likeness (QED) is 0.792. The number of hydrogen-bond acceptors (Lipinski definition) is 2. The van der Waals surface area contributed by atoms with Crippen molar-refractivity contribution in [2.75, 3.05) is 0 Å². The van der Waals surface area contributed by atoms with Crippen molar-refractivity contribution in [1.82, 2.24) is 10.3 Å². The van der Waals surface area contributed by atoms with E-state index >= 15 is 0 Å². The van der Waals surface area contributed by atoms with E-state index in [0.29, 0.717) is 35.6 Å². The largest absolute Gasteiger partial charge is 0.393 e. The number of amides is 1. The molecule has 2 aromatic rings. The lowest BCUT2D eigenvalue weighted by atomic mass is 9.97. The molecule has 29 heavy (non-hydrogen) atoms. The van der Waals surface area contributed by atoms with E-state index in [4.69, 9.17) is 0 Å². The number of hydrogen-bond donors (Lipinski definition) is 2. The molecule has 0 spiro atoms. The SMILES string of the molecule is O=C1CC[C@H](/C=C(/c2ccc(CC(F)(F)F)cc2)c2ccc(C3CC3)c(=O)[nH]2)N1. The summed E-state index contributed by atoms with van der Waals surface area (Å²) in [6.45, 7) is 0. The van der Waals surface area contributed by atoms with Gasteiger partial charge in [0.2, 0.25) is 5.91 Å². The molecule has 1 aliphatic carbocycles. The number of aromatic nitrogens is 1. The Kier molecular flexibility index (Phi) is 5.06. The van der Waals surface area contributed by atoms with Crippen LogP contribution in [0.4, 0.5) is 13.2 Å². The van der Waals surface area contributed by atoms with Gasteiger partial charge in [-0.05, 0) is 42.4 Å². The van der Waals surface area contributed by atoms with Crippen LogP contribution in [0.25, 0.3) is 5.57 Å². The van der Waals surface area contributed by atoms with E-state index in [0.717, 1.165) is 18.4 Å². The van der Waals surface area contributed by atoms with Gasteiger partial charge in [0.05, 0.1) is 6.42 Å². The molecular weight excluding hydrogens is 381 g/mol. The zero-order valence-corrected chi connectivity index (χ0v) is 15.7. The Morgan fingerprint density at radius 1 is 1.03 bits per heavy atom. The van der Waals surface area contributed by atoms with Crippen LogP contribution < -0.4 is 10.9 Å². The Hall–Kier alpha value is -2.83. The minimum Gasteiger partial charge on any atom is -0.350 e. The van der Waals surface area contributed by atoms with Gasteiger partial charge < -0.3 is 10.3 Å². The van der Waals surface area contributed by atoms with Gasteiger partial charge in [-0.3, -0.25) is 9.59 Å². The number of H-pyrrole nitrogens is 1. The molecule has 4 nitrogen and oxygen atoms in total. The van der Waals surface area contributed by atoms with E-state index in [-0.39, 0.29) is 23.1 Å². The molecule has 2 N–H and O–H groups in total. The van der Waals surface area contributed by atoms with Gasteiger partial charge in [0, 0.05) is 29.3 Å². The van der Waals surface area contributed by atoms with Gasteiger partial charge in [0.25, 0.3) is 5.56 Å². The number of benzene rings is 1. The summed E-state index contributed by atoms with van der Waals surface area (Å²) < 4.78 is 37.9. The minimum absolute atomic E-state index is 0.0382. The van der Waals surface area contributed by atoms with Crippen molar-refractivity contribution >= 4 is 11.5 Å². The Labute approximate surface area is 165 Å². The number of carbonyl (C=O) groups is 1. The maximum atomic E-state index is 12.6. The minimum atomic E-state index is -4.27. The van der Waals surface area contributed by atoms with Crippen LogP contribution in [0.2, 0.25) is 0 Å². The molecule has 1 atom stereocenters. The van der Waals surface area contributed by atoms with E-state index in [1.807, 2.05) is 18.2 Å². The number of carbonyl (C=O) groups excluding carboxylic acids is 1. The molecule has 2 heterocycles. The molecule has 4 rings (SSSR count). The van der Waals surface area contributed by atoms with Gasteiger partial charge in [-0.15, -0.1) is 0 Å². The summed E-state index contributed by atoms with van der Waals surface area (Å²) in [4.78, 5) is 27.0. The maximum Gasteiger partial charge on any atom is 0.393 e. The zero-order chi connectivity index (χ0) is 20.6. The van der Waals surface area contributed by atoms with E-state index in [1.54, 1.807) is 12.1 Å². The molecule has 1 aromatic heterocycles. The molecule has 152 valence electrons. The highest BCUT2D eigenvalue weighted by Gasteiger charge is 2.28. The molecule has 1 aromatic carbocycles. The van der Waals surface area contributed by atoms with Crippen LogP contribution in [0.15, 0.2) is 47.3 Å². The van der Waals surface area contributed by atoms with E-state index in [9.17, 15) is 22.8 Å². The van der Waals surface area contributed by atoms with Crippen molar-refractivity contribution in [3.63, 3.8) is 0 Å². The molecule has 0 unspecified atom stereocenters. The van der Waals surface area contributed by atoms with Crippen LogP contribution in [0, 0.1) is 0 Å². The van der Waals surface area contributed by atoms with Crippen molar-refractivity contribution < 1.29 is 18.0 Å². The summed E-state index contributed by atoms with van der Waals surface area (Å²) in [6.07, 6.45) is -0.295. The van der Waals surface area contributed by atoms with E-state index in [2.05, 4.69) is 10.3 Å². The zero-order valence-electron chi connectivity index (χ0n) is 15.7. The third-order valence-corrected chi connectivity index (χ3v) is 5.31. The normalized spacial score (nSPS) is 20.0. The predicted octanol–water partition coefficient (Wildman–Crippen LogP) is 4.07. The van der Waals surface area contributed by atoms with Gasteiger partial charge >= 0.3 is 6.18 Å². The van der Waals surface area contributed by atoms with E-state index in [1.165, 1.54) is 12.1 Å². The molecule has 2 fully saturated rings. The first-order chi connectivity index (χ1) is 13.8. The van der Waals surface area contributed by atoms with Crippen LogP contribution in [0.5, 0.6) is 0 Å². The van der Waals surface area contributed by atoms with Crippen molar-refractivity contribution in [3.05, 3.63) is 75.2 Å². The summed E-state index contributed by atoms with van der Waals surface area (Å²) >= 11 is 0. The lowest BCUT2D eigenvalue weighted by molar-refractivity contribution is -0.127. The Morgan fingerprint density at radius 2 is 1.76 bits per heavy atom. The van der Waals surface area contributed by atoms with E-state index < -0.39 is 12.6 Å². The highest BCUT2D eigenvalue weighted by molar-refractivity contribution is 5.82. The number of pyridine rings is 1. The summed E-state index contributed by atoms with van der Waals surface area (Å²) in [7, 11) is 0. The monoisotopic (exact) mass is 402 g/mol. The number of alkyl halides is 3. The molecule has 1 saturated carbocycles. The van der Waals surface area contributed by atoms with Crippen LogP contribution >= 0.6 is 0 Å².